The molecule has 0 radical (unpaired) electrons. The summed E-state index contributed by atoms with van der Waals surface area (Å²) in [6, 6.07) is 0.00845. The molecule has 1 aliphatic carbocycles. The third-order valence-electron chi connectivity index (χ3n) is 3.60. The maximum absolute atomic E-state index is 11.8. The summed E-state index contributed by atoms with van der Waals surface area (Å²) in [5, 5.41) is 11.8. The number of aliphatic carboxylic acids is 1. The summed E-state index contributed by atoms with van der Waals surface area (Å²) in [5.41, 5.74) is 0. The highest BCUT2D eigenvalue weighted by Gasteiger charge is 2.32. The zero-order chi connectivity index (χ0) is 12.3. The van der Waals surface area contributed by atoms with Gasteiger partial charge in [-0.15, -0.1) is 0 Å². The van der Waals surface area contributed by atoms with Gasteiger partial charge in [-0.2, -0.15) is 0 Å². The van der Waals surface area contributed by atoms with E-state index in [0.717, 1.165) is 25.7 Å². The van der Waals surface area contributed by atoms with Crippen LogP contribution in [0, 0.1) is 5.92 Å². The molecular weight excluding hydrogens is 222 g/mol. The van der Waals surface area contributed by atoms with Gasteiger partial charge in [0.1, 0.15) is 6.10 Å². The predicted molar refractivity (Wildman–Crippen MR) is 60.5 cm³/mol. The summed E-state index contributed by atoms with van der Waals surface area (Å²) in [5.74, 6) is -1.12. The van der Waals surface area contributed by atoms with E-state index in [1.165, 1.54) is 0 Å². The van der Waals surface area contributed by atoms with Crippen LogP contribution in [-0.2, 0) is 14.3 Å². The largest absolute Gasteiger partial charge is 0.481 e. The molecule has 1 heterocycles. The van der Waals surface area contributed by atoms with Crippen LogP contribution in [0.2, 0.25) is 0 Å². The molecule has 0 aromatic carbocycles. The number of carbonyl (C=O) groups excluding carboxylic acids is 1. The lowest BCUT2D eigenvalue weighted by Gasteiger charge is -2.23. The van der Waals surface area contributed by atoms with Crippen LogP contribution < -0.4 is 5.32 Å². The van der Waals surface area contributed by atoms with Gasteiger partial charge in [-0.3, -0.25) is 9.59 Å². The monoisotopic (exact) mass is 241 g/mol. The van der Waals surface area contributed by atoms with E-state index in [9.17, 15) is 9.59 Å². The van der Waals surface area contributed by atoms with Gasteiger partial charge in [0.2, 0.25) is 5.91 Å². The fourth-order valence-electron chi connectivity index (χ4n) is 2.58. The molecular formula is C12H19NO4. The number of carbonyl (C=O) groups is 2. The van der Waals surface area contributed by atoms with Crippen LogP contribution in [0.15, 0.2) is 0 Å². The van der Waals surface area contributed by atoms with Gasteiger partial charge < -0.3 is 15.2 Å². The van der Waals surface area contributed by atoms with Gasteiger partial charge in [0.25, 0.3) is 0 Å². The Morgan fingerprint density at radius 3 is 2.59 bits per heavy atom. The Labute approximate surface area is 101 Å². The van der Waals surface area contributed by atoms with Crippen molar-refractivity contribution in [2.75, 3.05) is 6.61 Å². The Hall–Kier alpha value is -1.10. The zero-order valence-corrected chi connectivity index (χ0v) is 9.85. The van der Waals surface area contributed by atoms with Crippen molar-refractivity contribution in [2.24, 2.45) is 5.92 Å². The number of nitrogens with one attached hydrogen (secondary N) is 1. The van der Waals surface area contributed by atoms with Crippen molar-refractivity contribution in [2.45, 2.75) is 50.7 Å². The highest BCUT2D eigenvalue weighted by atomic mass is 16.5. The van der Waals surface area contributed by atoms with Crippen molar-refractivity contribution in [3.05, 3.63) is 0 Å². The molecule has 5 heteroatoms. The second-order valence-electron chi connectivity index (χ2n) is 4.91. The Morgan fingerprint density at radius 2 is 2.00 bits per heavy atom. The number of ether oxygens (including phenoxy) is 1. The average Bonchev–Trinajstić information content (AvgIpc) is 2.79. The third kappa shape index (κ3) is 3.19. The second kappa shape index (κ2) is 5.49. The van der Waals surface area contributed by atoms with Crippen LogP contribution in [0.5, 0.6) is 0 Å². The maximum atomic E-state index is 11.8. The summed E-state index contributed by atoms with van der Waals surface area (Å²) >= 11 is 0. The quantitative estimate of drug-likeness (QED) is 0.770. The summed E-state index contributed by atoms with van der Waals surface area (Å²) in [4.78, 5) is 22.6. The highest BCUT2D eigenvalue weighted by Crippen LogP contribution is 2.26. The van der Waals surface area contributed by atoms with Gasteiger partial charge in [0.15, 0.2) is 0 Å². The molecule has 2 aliphatic rings. The summed E-state index contributed by atoms with van der Waals surface area (Å²) in [7, 11) is 0. The standard InChI is InChI=1S/C12H19NO4/c14-11(10-3-1-2-6-17-10)13-9-5-4-8(7-9)12(15)16/h8-10H,1-7H2,(H,13,14)(H,15,16)/t8-,9+,10?/m1/s1. The van der Waals surface area contributed by atoms with Crippen LogP contribution in [0.4, 0.5) is 0 Å². The number of carboxylic acids is 1. The van der Waals surface area contributed by atoms with E-state index < -0.39 is 5.97 Å². The number of amides is 1. The van der Waals surface area contributed by atoms with Gasteiger partial charge in [-0.05, 0) is 38.5 Å². The van der Waals surface area contributed by atoms with E-state index in [4.69, 9.17) is 9.84 Å². The van der Waals surface area contributed by atoms with E-state index in [0.29, 0.717) is 19.4 Å². The smallest absolute Gasteiger partial charge is 0.306 e. The summed E-state index contributed by atoms with van der Waals surface area (Å²) < 4.78 is 5.40. The molecule has 1 amide bonds. The Balaban J connectivity index is 1.77. The first-order valence-corrected chi connectivity index (χ1v) is 6.31. The average molecular weight is 241 g/mol. The molecule has 2 N–H and O–H groups in total. The Bertz CT molecular complexity index is 299. The number of hydrogen-bond acceptors (Lipinski definition) is 3. The molecule has 1 saturated heterocycles. The lowest BCUT2D eigenvalue weighted by Crippen LogP contribution is -2.42. The molecule has 1 unspecified atom stereocenters. The summed E-state index contributed by atoms with van der Waals surface area (Å²) in [6.07, 6.45) is 4.47. The van der Waals surface area contributed by atoms with Crippen LogP contribution in [0.3, 0.4) is 0 Å². The number of hydrogen-bond donors (Lipinski definition) is 2. The van der Waals surface area contributed by atoms with Gasteiger partial charge in [-0.25, -0.2) is 0 Å². The minimum Gasteiger partial charge on any atom is -0.481 e. The molecule has 1 aliphatic heterocycles. The minimum absolute atomic E-state index is 0.00845. The lowest BCUT2D eigenvalue weighted by molar-refractivity contribution is -0.142. The lowest BCUT2D eigenvalue weighted by atomic mass is 10.1. The first kappa shape index (κ1) is 12.4. The topological polar surface area (TPSA) is 75.6 Å². The molecule has 5 nitrogen and oxygen atoms in total. The SMILES string of the molecule is O=C(N[C@H]1CC[C@@H](C(=O)O)C1)C1CCCCO1. The fraction of sp³-hybridized carbons (Fsp3) is 0.833. The van der Waals surface area contributed by atoms with E-state index in [1.54, 1.807) is 0 Å². The number of carboxylic acid groups (broad SMARTS) is 1. The van der Waals surface area contributed by atoms with Gasteiger partial charge in [0, 0.05) is 12.6 Å². The first-order chi connectivity index (χ1) is 8.16. The van der Waals surface area contributed by atoms with Crippen molar-refractivity contribution >= 4 is 11.9 Å². The molecule has 2 rings (SSSR count). The van der Waals surface area contributed by atoms with Crippen molar-refractivity contribution in [3.8, 4) is 0 Å². The van der Waals surface area contributed by atoms with Crippen molar-refractivity contribution in [1.82, 2.24) is 5.32 Å². The molecule has 0 aromatic heterocycles. The molecule has 0 spiro atoms. The van der Waals surface area contributed by atoms with Gasteiger partial charge >= 0.3 is 5.97 Å². The molecule has 0 bridgehead atoms. The van der Waals surface area contributed by atoms with Gasteiger partial charge in [-0.1, -0.05) is 0 Å². The van der Waals surface area contributed by atoms with Crippen molar-refractivity contribution in [1.29, 1.82) is 0 Å². The predicted octanol–water partition coefficient (Wildman–Crippen LogP) is 0.925. The third-order valence-corrected chi connectivity index (χ3v) is 3.60. The molecule has 0 aromatic rings. The molecule has 17 heavy (non-hydrogen) atoms. The number of rotatable bonds is 3. The Kier molecular flexibility index (Phi) is 3.99. The van der Waals surface area contributed by atoms with E-state index >= 15 is 0 Å². The first-order valence-electron chi connectivity index (χ1n) is 6.31. The summed E-state index contributed by atoms with van der Waals surface area (Å²) in [6.45, 7) is 0.653. The highest BCUT2D eigenvalue weighted by molar-refractivity contribution is 5.81. The van der Waals surface area contributed by atoms with Gasteiger partial charge in [0.05, 0.1) is 5.92 Å². The minimum atomic E-state index is -0.754. The molecule has 96 valence electrons. The maximum Gasteiger partial charge on any atom is 0.306 e. The molecule has 3 atom stereocenters. The van der Waals surface area contributed by atoms with Crippen molar-refractivity contribution in [3.63, 3.8) is 0 Å². The van der Waals surface area contributed by atoms with E-state index in [1.807, 2.05) is 0 Å². The zero-order valence-electron chi connectivity index (χ0n) is 9.85. The normalized spacial score (nSPS) is 33.3. The fourth-order valence-corrected chi connectivity index (χ4v) is 2.58. The Morgan fingerprint density at radius 1 is 1.18 bits per heavy atom. The van der Waals surface area contributed by atoms with Crippen LogP contribution in [-0.4, -0.2) is 35.7 Å². The van der Waals surface area contributed by atoms with Crippen molar-refractivity contribution < 1.29 is 19.4 Å². The molecule has 2 fully saturated rings. The van der Waals surface area contributed by atoms with Crippen LogP contribution >= 0.6 is 0 Å². The molecule has 1 saturated carbocycles. The second-order valence-corrected chi connectivity index (χ2v) is 4.91. The van der Waals surface area contributed by atoms with Crippen LogP contribution in [0.25, 0.3) is 0 Å². The van der Waals surface area contributed by atoms with E-state index in [-0.39, 0.29) is 24.0 Å². The van der Waals surface area contributed by atoms with Crippen LogP contribution in [0.1, 0.15) is 38.5 Å². The van der Waals surface area contributed by atoms with E-state index in [2.05, 4.69) is 5.32 Å².